The molecular formula is C19H22N2O6. The van der Waals surface area contributed by atoms with Crippen LogP contribution in [0.25, 0.3) is 10.9 Å². The molecule has 8 nitrogen and oxygen atoms in total. The molecule has 1 amide bonds. The highest BCUT2D eigenvalue weighted by Gasteiger charge is 2.66. The summed E-state index contributed by atoms with van der Waals surface area (Å²) in [5.74, 6) is -2.94. The van der Waals surface area contributed by atoms with Crippen molar-refractivity contribution in [1.82, 2.24) is 4.98 Å². The predicted octanol–water partition coefficient (Wildman–Crippen LogP) is 2.65. The van der Waals surface area contributed by atoms with E-state index in [-0.39, 0.29) is 18.0 Å². The lowest BCUT2D eigenvalue weighted by molar-refractivity contribution is -0.140. The summed E-state index contributed by atoms with van der Waals surface area (Å²) < 4.78 is 10.3. The minimum atomic E-state index is -1.01. The van der Waals surface area contributed by atoms with Gasteiger partial charge >= 0.3 is 11.9 Å². The largest absolute Gasteiger partial charge is 0.497 e. The number of hydrogen-bond donors (Lipinski definition) is 3. The molecule has 0 saturated heterocycles. The van der Waals surface area contributed by atoms with Gasteiger partial charge in [-0.25, -0.2) is 4.79 Å². The molecule has 8 heteroatoms. The van der Waals surface area contributed by atoms with E-state index in [1.54, 1.807) is 39.0 Å². The molecular weight excluding hydrogens is 352 g/mol. The number of carbonyl (C=O) groups excluding carboxylic acids is 2. The first-order valence-electron chi connectivity index (χ1n) is 8.62. The van der Waals surface area contributed by atoms with Gasteiger partial charge in [0.05, 0.1) is 31.2 Å². The Kier molecular flexibility index (Phi) is 4.59. The van der Waals surface area contributed by atoms with Crippen molar-refractivity contribution >= 4 is 34.4 Å². The third kappa shape index (κ3) is 3.11. The summed E-state index contributed by atoms with van der Waals surface area (Å²) in [6.45, 7) is 5.34. The van der Waals surface area contributed by atoms with Gasteiger partial charge in [-0.2, -0.15) is 0 Å². The van der Waals surface area contributed by atoms with Gasteiger partial charge in [-0.3, -0.25) is 9.59 Å². The van der Waals surface area contributed by atoms with Gasteiger partial charge in [0.25, 0.3) is 0 Å². The number of hydrogen-bond acceptors (Lipinski definition) is 5. The van der Waals surface area contributed by atoms with Crippen molar-refractivity contribution in [2.24, 2.45) is 17.3 Å². The summed E-state index contributed by atoms with van der Waals surface area (Å²) in [5, 5.41) is 12.6. The van der Waals surface area contributed by atoms with E-state index in [9.17, 15) is 19.5 Å². The van der Waals surface area contributed by atoms with E-state index in [0.29, 0.717) is 16.7 Å². The van der Waals surface area contributed by atoms with Crippen LogP contribution in [0.5, 0.6) is 5.75 Å². The number of anilines is 1. The number of carboxylic acids is 1. The Hall–Kier alpha value is -3.03. The van der Waals surface area contributed by atoms with Gasteiger partial charge in [-0.15, -0.1) is 0 Å². The van der Waals surface area contributed by atoms with Crippen LogP contribution in [-0.2, 0) is 14.3 Å². The van der Waals surface area contributed by atoms with Gasteiger partial charge in [0.1, 0.15) is 11.4 Å². The van der Waals surface area contributed by atoms with Crippen molar-refractivity contribution < 1.29 is 29.0 Å². The van der Waals surface area contributed by atoms with Gasteiger partial charge in [-0.05, 0) is 30.5 Å². The highest BCUT2D eigenvalue weighted by molar-refractivity contribution is 6.12. The number of fused-ring (bicyclic) bond motifs is 1. The number of carboxylic acid groups (broad SMARTS) is 1. The normalized spacial score (nSPS) is 20.1. The lowest BCUT2D eigenvalue weighted by Crippen LogP contribution is -2.19. The molecule has 1 heterocycles. The van der Waals surface area contributed by atoms with Crippen LogP contribution in [0.4, 0.5) is 5.69 Å². The molecule has 0 bridgehead atoms. The summed E-state index contributed by atoms with van der Waals surface area (Å²) in [5.41, 5.74) is 0.348. The fourth-order valence-corrected chi connectivity index (χ4v) is 3.57. The van der Waals surface area contributed by atoms with Crippen molar-refractivity contribution in [3.8, 4) is 5.75 Å². The fourth-order valence-electron chi connectivity index (χ4n) is 3.57. The average Bonchev–Trinajstić information content (AvgIpc) is 3.03. The van der Waals surface area contributed by atoms with E-state index < -0.39 is 35.1 Å². The van der Waals surface area contributed by atoms with Crippen LogP contribution < -0.4 is 10.1 Å². The first-order chi connectivity index (χ1) is 12.7. The van der Waals surface area contributed by atoms with Crippen molar-refractivity contribution in [1.29, 1.82) is 0 Å². The zero-order chi connectivity index (χ0) is 19.9. The molecule has 1 aromatic carbocycles. The van der Waals surface area contributed by atoms with Gasteiger partial charge in [0.15, 0.2) is 0 Å². The molecule has 1 aliphatic rings. The van der Waals surface area contributed by atoms with Crippen molar-refractivity contribution in [3.05, 3.63) is 23.9 Å². The molecule has 2 aromatic rings. The molecule has 2 atom stereocenters. The summed E-state index contributed by atoms with van der Waals surface area (Å²) in [6, 6.07) is 5.15. The second kappa shape index (κ2) is 6.61. The minimum absolute atomic E-state index is 0.110. The number of H-pyrrole nitrogens is 1. The first kappa shape index (κ1) is 18.8. The molecule has 1 saturated carbocycles. The lowest BCUT2D eigenvalue weighted by Gasteiger charge is -2.08. The molecule has 1 fully saturated rings. The van der Waals surface area contributed by atoms with Crippen LogP contribution >= 0.6 is 0 Å². The molecule has 3 rings (SSSR count). The van der Waals surface area contributed by atoms with Crippen LogP contribution in [0.1, 0.15) is 31.3 Å². The predicted molar refractivity (Wildman–Crippen MR) is 97.8 cm³/mol. The fraction of sp³-hybridized carbons (Fsp3) is 0.421. The second-order valence-electron chi connectivity index (χ2n) is 7.11. The molecule has 1 aromatic heterocycles. The maximum Gasteiger partial charge on any atom is 0.356 e. The zero-order valence-electron chi connectivity index (χ0n) is 15.6. The monoisotopic (exact) mass is 374 g/mol. The number of methoxy groups -OCH3 is 1. The Morgan fingerprint density at radius 1 is 1.26 bits per heavy atom. The maximum atomic E-state index is 12.8. The number of carbonyl (C=O) groups is 3. The van der Waals surface area contributed by atoms with E-state index in [4.69, 9.17) is 9.47 Å². The van der Waals surface area contributed by atoms with E-state index in [0.717, 1.165) is 0 Å². The lowest BCUT2D eigenvalue weighted by atomic mass is 10.1. The minimum Gasteiger partial charge on any atom is -0.497 e. The molecule has 27 heavy (non-hydrogen) atoms. The molecule has 1 aliphatic carbocycles. The molecule has 144 valence electrons. The Balaban J connectivity index is 2.01. The van der Waals surface area contributed by atoms with E-state index in [1.807, 2.05) is 0 Å². The van der Waals surface area contributed by atoms with Gasteiger partial charge < -0.3 is 24.9 Å². The van der Waals surface area contributed by atoms with Crippen LogP contribution in [0.2, 0.25) is 0 Å². The smallest absolute Gasteiger partial charge is 0.356 e. The third-order valence-electron chi connectivity index (χ3n) is 5.11. The summed E-state index contributed by atoms with van der Waals surface area (Å²) in [4.78, 5) is 39.4. The highest BCUT2D eigenvalue weighted by atomic mass is 16.5. The number of rotatable bonds is 6. The van der Waals surface area contributed by atoms with Crippen molar-refractivity contribution in [3.63, 3.8) is 0 Å². The molecule has 0 unspecified atom stereocenters. The Morgan fingerprint density at radius 2 is 1.96 bits per heavy atom. The summed E-state index contributed by atoms with van der Waals surface area (Å²) in [6.07, 6.45) is 0. The summed E-state index contributed by atoms with van der Waals surface area (Å²) >= 11 is 0. The number of amides is 1. The standard InChI is InChI=1S/C19H22N2O6/c1-5-27-18(25)15-14(10-8-9(26-4)6-7-11(10)20-15)21-16(22)12-13(17(23)24)19(12,2)3/h6-8,12-13,20H,5H2,1-4H3,(H,21,22)(H,23,24)/t12-,13-/m0/s1. The topological polar surface area (TPSA) is 118 Å². The van der Waals surface area contributed by atoms with Crippen LogP contribution in [0.3, 0.4) is 0 Å². The molecule has 0 radical (unpaired) electrons. The highest BCUT2D eigenvalue weighted by Crippen LogP contribution is 2.58. The molecule has 0 aliphatic heterocycles. The SMILES string of the molecule is CCOC(=O)c1[nH]c2ccc(OC)cc2c1NC(=O)[C@@H]1[C@@H](C(=O)O)C1(C)C. The summed E-state index contributed by atoms with van der Waals surface area (Å²) in [7, 11) is 1.52. The third-order valence-corrected chi connectivity index (χ3v) is 5.11. The Bertz CT molecular complexity index is 930. The van der Waals surface area contributed by atoms with Crippen molar-refractivity contribution in [2.45, 2.75) is 20.8 Å². The number of benzene rings is 1. The molecule has 3 N–H and O–H groups in total. The number of esters is 1. The number of ether oxygens (including phenoxy) is 2. The van der Waals surface area contributed by atoms with Crippen LogP contribution in [-0.4, -0.2) is 41.7 Å². The quantitative estimate of drug-likeness (QED) is 0.669. The molecule has 0 spiro atoms. The van der Waals surface area contributed by atoms with Crippen molar-refractivity contribution in [2.75, 3.05) is 19.0 Å². The number of nitrogens with one attached hydrogen (secondary N) is 2. The average molecular weight is 374 g/mol. The van der Waals surface area contributed by atoms with Gasteiger partial charge in [0.2, 0.25) is 5.91 Å². The Labute approximate surface area is 155 Å². The van der Waals surface area contributed by atoms with Gasteiger partial charge in [0, 0.05) is 10.9 Å². The maximum absolute atomic E-state index is 12.8. The van der Waals surface area contributed by atoms with Crippen LogP contribution in [0, 0.1) is 17.3 Å². The van der Waals surface area contributed by atoms with E-state index >= 15 is 0 Å². The van der Waals surface area contributed by atoms with Crippen LogP contribution in [0.15, 0.2) is 18.2 Å². The second-order valence-corrected chi connectivity index (χ2v) is 7.11. The number of aliphatic carboxylic acids is 1. The van der Waals surface area contributed by atoms with E-state index in [2.05, 4.69) is 10.3 Å². The first-order valence-corrected chi connectivity index (χ1v) is 8.62. The number of aromatic amines is 1. The van der Waals surface area contributed by atoms with E-state index in [1.165, 1.54) is 7.11 Å². The van der Waals surface area contributed by atoms with Gasteiger partial charge in [-0.1, -0.05) is 13.8 Å². The Morgan fingerprint density at radius 3 is 2.52 bits per heavy atom. The zero-order valence-corrected chi connectivity index (χ0v) is 15.6. The number of aromatic nitrogens is 1.